The van der Waals surface area contributed by atoms with Crippen molar-refractivity contribution in [2.75, 3.05) is 73.0 Å². The van der Waals surface area contributed by atoms with E-state index in [2.05, 4.69) is 17.1 Å². The summed E-state index contributed by atoms with van der Waals surface area (Å²) >= 11 is 1.44. The van der Waals surface area contributed by atoms with E-state index in [-0.39, 0.29) is 37.1 Å². The van der Waals surface area contributed by atoms with Crippen molar-refractivity contribution in [3.63, 3.8) is 0 Å². The predicted octanol–water partition coefficient (Wildman–Crippen LogP) is 2.75. The molecule has 2 amide bonds. The Morgan fingerprint density at radius 1 is 1.08 bits per heavy atom. The van der Waals surface area contributed by atoms with Gasteiger partial charge in [-0.3, -0.25) is 14.5 Å². The molecule has 1 aliphatic heterocycles. The van der Waals surface area contributed by atoms with Crippen molar-refractivity contribution in [3.8, 4) is 0 Å². The van der Waals surface area contributed by atoms with Gasteiger partial charge in [-0.25, -0.2) is 8.42 Å². The molecule has 0 atom stereocenters. The van der Waals surface area contributed by atoms with E-state index in [1.54, 1.807) is 14.1 Å². The Hall–Kier alpha value is -2.35. The lowest BCUT2D eigenvalue weighted by Crippen LogP contribution is -2.36. The first-order valence-electron chi connectivity index (χ1n) is 12.6. The zero-order valence-electron chi connectivity index (χ0n) is 22.8. The first-order chi connectivity index (χ1) is 18.1. The van der Waals surface area contributed by atoms with Gasteiger partial charge < -0.3 is 19.7 Å². The molecule has 210 valence electrons. The Kier molecular flexibility index (Phi) is 10.8. The number of ether oxygens (including phenoxy) is 2. The number of hydrogen-bond donors (Lipinski definition) is 1. The summed E-state index contributed by atoms with van der Waals surface area (Å²) in [5.74, 6) is -0.545. The lowest BCUT2D eigenvalue weighted by Gasteiger charge is -2.26. The van der Waals surface area contributed by atoms with Gasteiger partial charge in [0.1, 0.15) is 5.00 Å². The lowest BCUT2D eigenvalue weighted by atomic mass is 10.0. The molecule has 0 saturated heterocycles. The molecule has 0 radical (unpaired) electrons. The van der Waals surface area contributed by atoms with E-state index in [1.165, 1.54) is 59.0 Å². The van der Waals surface area contributed by atoms with Crippen LogP contribution in [-0.2, 0) is 32.5 Å². The van der Waals surface area contributed by atoms with Gasteiger partial charge in [0.25, 0.3) is 11.8 Å². The van der Waals surface area contributed by atoms with Gasteiger partial charge in [0.05, 0.1) is 23.7 Å². The van der Waals surface area contributed by atoms with Gasteiger partial charge in [-0.2, -0.15) is 4.31 Å². The van der Waals surface area contributed by atoms with Crippen LogP contribution in [0.1, 0.15) is 44.5 Å². The fourth-order valence-corrected chi connectivity index (χ4v) is 7.03. The molecule has 1 aliphatic rings. The number of rotatable bonds is 13. The number of sulfonamides is 1. The number of carbonyl (C=O) groups excluding carboxylic acids is 2. The number of amides is 2. The molecule has 0 bridgehead atoms. The van der Waals surface area contributed by atoms with E-state index in [9.17, 15) is 18.0 Å². The van der Waals surface area contributed by atoms with Gasteiger partial charge >= 0.3 is 0 Å². The van der Waals surface area contributed by atoms with Gasteiger partial charge in [0.15, 0.2) is 0 Å². The molecule has 3 rings (SSSR count). The largest absolute Gasteiger partial charge is 0.383 e. The van der Waals surface area contributed by atoms with Gasteiger partial charge in [-0.15, -0.1) is 11.3 Å². The molecule has 0 aliphatic carbocycles. The third-order valence-electron chi connectivity index (χ3n) is 6.37. The van der Waals surface area contributed by atoms with Crippen molar-refractivity contribution >= 4 is 38.2 Å². The SMILES string of the molecule is CCCN1CCc2c(sc(NC(=O)c3ccc(S(=O)(=O)N(CCOC)CCOC)cc3)c2C(=O)N(C)C)C1. The maximum atomic E-state index is 13.2. The van der Waals surface area contributed by atoms with E-state index in [4.69, 9.17) is 9.47 Å². The minimum atomic E-state index is -3.80. The standard InChI is InChI=1S/C26H38N4O6S2/c1-6-12-29-13-11-21-22(18-29)37-25(23(21)26(32)28(2)3)27-24(31)19-7-9-20(10-8-19)38(33,34)30(14-16-35-4)15-17-36-5/h7-10H,6,11-18H2,1-5H3,(H,27,31). The highest BCUT2D eigenvalue weighted by molar-refractivity contribution is 7.89. The van der Waals surface area contributed by atoms with Crippen LogP contribution in [-0.4, -0.2) is 102 Å². The third kappa shape index (κ3) is 6.99. The molecule has 0 unspecified atom stereocenters. The van der Waals surface area contributed by atoms with Gasteiger partial charge in [-0.1, -0.05) is 6.92 Å². The molecular weight excluding hydrogens is 528 g/mol. The summed E-state index contributed by atoms with van der Waals surface area (Å²) in [6.45, 7) is 5.63. The van der Waals surface area contributed by atoms with Crippen molar-refractivity contribution in [2.24, 2.45) is 0 Å². The van der Waals surface area contributed by atoms with Crippen LogP contribution in [0.2, 0.25) is 0 Å². The summed E-state index contributed by atoms with van der Waals surface area (Å²) in [4.78, 5) is 31.3. The van der Waals surface area contributed by atoms with Crippen LogP contribution in [0.3, 0.4) is 0 Å². The third-order valence-corrected chi connectivity index (χ3v) is 9.41. The van der Waals surface area contributed by atoms with Crippen LogP contribution in [0.4, 0.5) is 5.00 Å². The fourth-order valence-electron chi connectivity index (χ4n) is 4.34. The Balaban J connectivity index is 1.83. The average molecular weight is 567 g/mol. The second-order valence-electron chi connectivity index (χ2n) is 9.30. The molecule has 1 aromatic heterocycles. The molecule has 10 nitrogen and oxygen atoms in total. The smallest absolute Gasteiger partial charge is 0.256 e. The van der Waals surface area contributed by atoms with E-state index >= 15 is 0 Å². The Morgan fingerprint density at radius 3 is 2.26 bits per heavy atom. The Morgan fingerprint density at radius 2 is 1.71 bits per heavy atom. The minimum absolute atomic E-state index is 0.0762. The molecule has 0 saturated carbocycles. The van der Waals surface area contributed by atoms with Gasteiger partial charge in [0.2, 0.25) is 10.0 Å². The molecule has 0 fully saturated rings. The average Bonchev–Trinajstić information content (AvgIpc) is 3.25. The summed E-state index contributed by atoms with van der Waals surface area (Å²) < 4.78 is 37.7. The normalized spacial score (nSPS) is 13.9. The van der Waals surface area contributed by atoms with Crippen molar-refractivity contribution < 1.29 is 27.5 Å². The van der Waals surface area contributed by atoms with E-state index in [0.29, 0.717) is 16.1 Å². The summed E-state index contributed by atoms with van der Waals surface area (Å²) in [7, 11) is 2.63. The summed E-state index contributed by atoms with van der Waals surface area (Å²) in [6.07, 6.45) is 1.81. The summed E-state index contributed by atoms with van der Waals surface area (Å²) in [6, 6.07) is 5.81. The maximum Gasteiger partial charge on any atom is 0.256 e. The first-order valence-corrected chi connectivity index (χ1v) is 14.9. The monoisotopic (exact) mass is 566 g/mol. The van der Waals surface area contributed by atoms with E-state index in [1.807, 2.05) is 0 Å². The van der Waals surface area contributed by atoms with Crippen LogP contribution >= 0.6 is 11.3 Å². The van der Waals surface area contributed by atoms with Crippen molar-refractivity contribution in [3.05, 3.63) is 45.8 Å². The zero-order valence-corrected chi connectivity index (χ0v) is 24.4. The minimum Gasteiger partial charge on any atom is -0.383 e. The second kappa shape index (κ2) is 13.6. The highest BCUT2D eigenvalue weighted by atomic mass is 32.2. The maximum absolute atomic E-state index is 13.2. The molecule has 1 aromatic carbocycles. The van der Waals surface area contributed by atoms with Crippen molar-refractivity contribution in [1.82, 2.24) is 14.1 Å². The van der Waals surface area contributed by atoms with Gasteiger partial charge in [-0.05, 0) is 49.2 Å². The van der Waals surface area contributed by atoms with Crippen LogP contribution in [0.25, 0.3) is 0 Å². The topological polar surface area (TPSA) is 108 Å². The quantitative estimate of drug-likeness (QED) is 0.397. The number of nitrogens with zero attached hydrogens (tertiary/aromatic N) is 3. The Labute approximate surface area is 229 Å². The highest BCUT2D eigenvalue weighted by Crippen LogP contribution is 2.38. The number of thiophene rings is 1. The van der Waals surface area contributed by atoms with Crippen LogP contribution < -0.4 is 5.32 Å². The number of anilines is 1. The molecule has 0 spiro atoms. The molecule has 2 aromatic rings. The van der Waals surface area contributed by atoms with E-state index in [0.717, 1.165) is 42.9 Å². The molecule has 2 heterocycles. The zero-order chi connectivity index (χ0) is 27.9. The summed E-state index contributed by atoms with van der Waals surface area (Å²) in [5, 5.41) is 3.45. The van der Waals surface area contributed by atoms with Crippen LogP contribution in [0, 0.1) is 0 Å². The van der Waals surface area contributed by atoms with Crippen molar-refractivity contribution in [2.45, 2.75) is 31.2 Å². The molecule has 38 heavy (non-hydrogen) atoms. The number of benzene rings is 1. The van der Waals surface area contributed by atoms with Crippen molar-refractivity contribution in [1.29, 1.82) is 0 Å². The molecule has 1 N–H and O–H groups in total. The number of hydrogen-bond acceptors (Lipinski definition) is 8. The van der Waals surface area contributed by atoms with E-state index < -0.39 is 15.9 Å². The highest BCUT2D eigenvalue weighted by Gasteiger charge is 2.30. The Bertz CT molecular complexity index is 1200. The number of nitrogens with one attached hydrogen (secondary N) is 1. The van der Waals surface area contributed by atoms with Crippen LogP contribution in [0.5, 0.6) is 0 Å². The van der Waals surface area contributed by atoms with Crippen LogP contribution in [0.15, 0.2) is 29.2 Å². The molecule has 12 heteroatoms. The second-order valence-corrected chi connectivity index (χ2v) is 12.3. The molecular formula is C26H38N4O6S2. The number of fused-ring (bicyclic) bond motifs is 1. The lowest BCUT2D eigenvalue weighted by molar-refractivity contribution is 0.0827. The number of methoxy groups -OCH3 is 2. The first kappa shape index (κ1) is 30.2. The number of carbonyl (C=O) groups is 2. The van der Waals surface area contributed by atoms with Gasteiger partial charge in [0, 0.05) is 64.9 Å². The predicted molar refractivity (Wildman–Crippen MR) is 149 cm³/mol. The fraction of sp³-hybridized carbons (Fsp3) is 0.538. The summed E-state index contributed by atoms with van der Waals surface area (Å²) in [5.41, 5.74) is 1.85.